The first-order chi connectivity index (χ1) is 20.1. The fourth-order valence-electron chi connectivity index (χ4n) is 5.15. The van der Waals surface area contributed by atoms with Crippen molar-refractivity contribution < 1.29 is 38.5 Å². The summed E-state index contributed by atoms with van der Waals surface area (Å²) in [4.78, 5) is 54.8. The minimum Gasteiger partial charge on any atom is -0.497 e. The van der Waals surface area contributed by atoms with Gasteiger partial charge < -0.3 is 35.3 Å². The lowest BCUT2D eigenvalue weighted by Crippen LogP contribution is -2.58. The lowest BCUT2D eigenvalue weighted by atomic mass is 9.93. The molecule has 0 radical (unpaired) electrons. The van der Waals surface area contributed by atoms with E-state index in [0.717, 1.165) is 24.8 Å². The van der Waals surface area contributed by atoms with Crippen molar-refractivity contribution in [1.82, 2.24) is 20.9 Å². The zero-order valence-corrected chi connectivity index (χ0v) is 24.5. The van der Waals surface area contributed by atoms with Crippen LogP contribution in [0.5, 0.6) is 5.75 Å². The molecule has 5 atom stereocenters. The molecule has 230 valence electrons. The molecule has 2 aliphatic heterocycles. The molecule has 3 amide bonds. The summed E-state index contributed by atoms with van der Waals surface area (Å²) in [6, 6.07) is 3.12. The summed E-state index contributed by atoms with van der Waals surface area (Å²) < 4.78 is 15.9. The van der Waals surface area contributed by atoms with Crippen LogP contribution >= 0.6 is 0 Å². The van der Waals surface area contributed by atoms with Crippen molar-refractivity contribution in [3.05, 3.63) is 41.5 Å². The van der Waals surface area contributed by atoms with Crippen molar-refractivity contribution in [2.75, 3.05) is 46.6 Å². The normalized spacial score (nSPS) is 23.1. The fraction of sp³-hybridized carbons (Fsp3) is 0.600. The fourth-order valence-corrected chi connectivity index (χ4v) is 5.15. The number of epoxide rings is 1. The van der Waals surface area contributed by atoms with Crippen molar-refractivity contribution in [3.63, 3.8) is 0 Å². The van der Waals surface area contributed by atoms with Crippen molar-refractivity contribution in [1.29, 1.82) is 0 Å². The third-order valence-electron chi connectivity index (χ3n) is 7.93. The van der Waals surface area contributed by atoms with Crippen LogP contribution in [0.1, 0.15) is 51.2 Å². The maximum atomic E-state index is 13.7. The van der Waals surface area contributed by atoms with Gasteiger partial charge >= 0.3 is 0 Å². The van der Waals surface area contributed by atoms with E-state index in [0.29, 0.717) is 44.0 Å². The Morgan fingerprint density at radius 1 is 1.07 bits per heavy atom. The molecular weight excluding hydrogens is 544 g/mol. The number of methoxy groups -OCH3 is 1. The summed E-state index contributed by atoms with van der Waals surface area (Å²) in [6.07, 6.45) is 3.70. The predicted molar refractivity (Wildman–Crippen MR) is 153 cm³/mol. The van der Waals surface area contributed by atoms with Crippen LogP contribution in [0, 0.1) is 0 Å². The highest BCUT2D eigenvalue weighted by molar-refractivity contribution is 5.98. The number of allylic oxidation sites excluding steroid dienone is 1. The number of aliphatic hydroxyl groups is 1. The third-order valence-corrected chi connectivity index (χ3v) is 7.93. The largest absolute Gasteiger partial charge is 0.497 e. The number of Topliss-reactive ketones (excluding diaryl/α,β-unsaturated/α-hetero) is 1. The molecule has 2 fully saturated rings. The summed E-state index contributed by atoms with van der Waals surface area (Å²) in [5.74, 6) is -1.42. The van der Waals surface area contributed by atoms with Gasteiger partial charge in [0.25, 0.3) is 0 Å². The molecule has 42 heavy (non-hydrogen) atoms. The topological polar surface area (TPSA) is 159 Å². The number of morpholine rings is 1. The van der Waals surface area contributed by atoms with Crippen molar-refractivity contribution in [2.45, 2.75) is 69.4 Å². The third kappa shape index (κ3) is 8.37. The number of nitrogens with one attached hydrogen (secondary N) is 3. The van der Waals surface area contributed by atoms with E-state index in [1.165, 1.54) is 14.0 Å². The Labute approximate surface area is 246 Å². The number of ketones is 1. The first-order valence-corrected chi connectivity index (χ1v) is 14.5. The molecule has 0 spiro atoms. The standard InChI is InChI=1S/C30H42N4O8/c1-19(31-24(35)17-34-12-14-41-15-13-34)28(38)33-25(26(36)21-8-10-22(40-3)11-9-21)29(39)32-23(16-20-6-4-5-7-20)27(37)30(2)18-42-30/h6,8-11,19,23,25-26,36H,4-5,7,12-18H2,1-3H3,(H,31,35)(H,32,39)(H,33,38)/t19-,23-,25-,26+,30+/m1/s1. The number of benzene rings is 1. The molecule has 4 N–H and O–H groups in total. The van der Waals surface area contributed by atoms with E-state index < -0.39 is 41.6 Å². The lowest BCUT2D eigenvalue weighted by molar-refractivity contribution is -0.136. The van der Waals surface area contributed by atoms with Gasteiger partial charge in [-0.2, -0.15) is 0 Å². The van der Waals surface area contributed by atoms with Crippen molar-refractivity contribution >= 4 is 23.5 Å². The molecule has 1 aromatic rings. The number of rotatable bonds is 14. The van der Waals surface area contributed by atoms with Crippen LogP contribution in [0.15, 0.2) is 35.9 Å². The van der Waals surface area contributed by atoms with Crippen LogP contribution in [0.25, 0.3) is 0 Å². The number of aliphatic hydroxyl groups excluding tert-OH is 1. The minimum atomic E-state index is -1.45. The Morgan fingerprint density at radius 2 is 1.76 bits per heavy atom. The van der Waals surface area contributed by atoms with Crippen LogP contribution < -0.4 is 20.7 Å². The predicted octanol–water partition coefficient (Wildman–Crippen LogP) is 0.394. The zero-order chi connectivity index (χ0) is 30.3. The number of carbonyl (C=O) groups excluding carboxylic acids is 4. The summed E-state index contributed by atoms with van der Waals surface area (Å²) >= 11 is 0. The van der Waals surface area contributed by atoms with E-state index in [1.807, 2.05) is 4.90 Å². The molecule has 2 heterocycles. The Bertz CT molecular complexity index is 1160. The number of nitrogens with zero attached hydrogens (tertiary/aromatic N) is 1. The van der Waals surface area contributed by atoms with Gasteiger partial charge in [0.15, 0.2) is 5.78 Å². The van der Waals surface area contributed by atoms with Gasteiger partial charge in [0, 0.05) is 13.1 Å². The monoisotopic (exact) mass is 586 g/mol. The Hall–Kier alpha value is -3.32. The van der Waals surface area contributed by atoms with E-state index in [-0.39, 0.29) is 24.8 Å². The Balaban J connectivity index is 1.48. The summed E-state index contributed by atoms with van der Waals surface area (Å²) in [7, 11) is 1.51. The van der Waals surface area contributed by atoms with E-state index in [2.05, 4.69) is 22.0 Å². The van der Waals surface area contributed by atoms with Gasteiger partial charge in [-0.05, 0) is 57.2 Å². The van der Waals surface area contributed by atoms with E-state index >= 15 is 0 Å². The molecule has 0 bridgehead atoms. The number of amides is 3. The molecule has 0 saturated carbocycles. The Morgan fingerprint density at radius 3 is 2.36 bits per heavy atom. The number of ether oxygens (including phenoxy) is 3. The second-order valence-electron chi connectivity index (χ2n) is 11.3. The molecule has 12 heteroatoms. The molecule has 2 saturated heterocycles. The maximum Gasteiger partial charge on any atom is 0.246 e. The van der Waals surface area contributed by atoms with Gasteiger partial charge in [-0.3, -0.25) is 24.1 Å². The number of hydrogen-bond donors (Lipinski definition) is 4. The summed E-state index contributed by atoms with van der Waals surface area (Å²) in [6.45, 7) is 5.88. The molecular formula is C30H42N4O8. The average Bonchev–Trinajstić information content (AvgIpc) is 3.53. The van der Waals surface area contributed by atoms with Gasteiger partial charge in [0.1, 0.15) is 29.5 Å². The van der Waals surface area contributed by atoms with Crippen molar-refractivity contribution in [2.24, 2.45) is 0 Å². The van der Waals surface area contributed by atoms with Crippen LogP contribution in [-0.2, 0) is 28.7 Å². The van der Waals surface area contributed by atoms with Gasteiger partial charge in [0.2, 0.25) is 17.7 Å². The molecule has 0 aromatic heterocycles. The van der Waals surface area contributed by atoms with Crippen LogP contribution in [0.4, 0.5) is 0 Å². The van der Waals surface area contributed by atoms with Gasteiger partial charge in [-0.1, -0.05) is 23.8 Å². The van der Waals surface area contributed by atoms with Crippen LogP contribution in [0.2, 0.25) is 0 Å². The second-order valence-corrected chi connectivity index (χ2v) is 11.3. The van der Waals surface area contributed by atoms with Gasteiger partial charge in [0.05, 0.1) is 39.5 Å². The van der Waals surface area contributed by atoms with E-state index in [9.17, 15) is 24.3 Å². The SMILES string of the molecule is COc1ccc([C@H](O)[C@@H](NC(=O)[C@@H](C)NC(=O)CN2CCOCC2)C(=O)N[C@H](CC2=CCCC2)C(=O)[C@]2(C)CO2)cc1. The van der Waals surface area contributed by atoms with Gasteiger partial charge in [-0.15, -0.1) is 0 Å². The summed E-state index contributed by atoms with van der Waals surface area (Å²) in [5, 5.41) is 19.4. The molecule has 1 aliphatic carbocycles. The van der Waals surface area contributed by atoms with Crippen LogP contribution in [0.3, 0.4) is 0 Å². The second kappa shape index (κ2) is 14.2. The minimum absolute atomic E-state index is 0.111. The molecule has 0 unspecified atom stereocenters. The zero-order valence-electron chi connectivity index (χ0n) is 24.5. The highest BCUT2D eigenvalue weighted by Gasteiger charge is 2.50. The smallest absolute Gasteiger partial charge is 0.246 e. The van der Waals surface area contributed by atoms with E-state index in [1.54, 1.807) is 31.2 Å². The number of hydrogen-bond acceptors (Lipinski definition) is 9. The van der Waals surface area contributed by atoms with Crippen molar-refractivity contribution in [3.8, 4) is 5.75 Å². The lowest BCUT2D eigenvalue weighted by Gasteiger charge is -2.29. The molecule has 12 nitrogen and oxygen atoms in total. The van der Waals surface area contributed by atoms with Gasteiger partial charge in [-0.25, -0.2) is 0 Å². The quantitative estimate of drug-likeness (QED) is 0.179. The average molecular weight is 587 g/mol. The molecule has 3 aliphatic rings. The molecule has 1 aromatic carbocycles. The molecule has 4 rings (SSSR count). The van der Waals surface area contributed by atoms with E-state index in [4.69, 9.17) is 14.2 Å². The van der Waals surface area contributed by atoms with Crippen LogP contribution in [-0.4, -0.2) is 104 Å². The first-order valence-electron chi connectivity index (χ1n) is 14.5. The summed E-state index contributed by atoms with van der Waals surface area (Å²) in [5.41, 5.74) is 0.467. The first kappa shape index (κ1) is 31.6. The highest BCUT2D eigenvalue weighted by atomic mass is 16.6. The number of carbonyl (C=O) groups is 4. The Kier molecular flexibility index (Phi) is 10.7. The highest BCUT2D eigenvalue weighted by Crippen LogP contribution is 2.31. The maximum absolute atomic E-state index is 13.7.